The van der Waals surface area contributed by atoms with Gasteiger partial charge in [-0.15, -0.1) is 0 Å². The van der Waals surface area contributed by atoms with Crippen LogP contribution < -0.4 is 10.9 Å². The van der Waals surface area contributed by atoms with Crippen molar-refractivity contribution < 1.29 is 14.3 Å². The van der Waals surface area contributed by atoms with E-state index < -0.39 is 17.4 Å². The molecule has 1 saturated carbocycles. The molecule has 0 bridgehead atoms. The van der Waals surface area contributed by atoms with E-state index in [1.165, 1.54) is 6.42 Å². The second-order valence-corrected chi connectivity index (χ2v) is 10.1. The molecule has 1 aliphatic rings. The van der Waals surface area contributed by atoms with Crippen LogP contribution in [0.5, 0.6) is 0 Å². The fourth-order valence-corrected chi connectivity index (χ4v) is 3.69. The first-order valence-electron chi connectivity index (χ1n) is 11.6. The van der Waals surface area contributed by atoms with Crippen LogP contribution >= 0.6 is 0 Å². The number of nitrogens with one attached hydrogen (secondary N) is 2. The van der Waals surface area contributed by atoms with E-state index in [1.807, 2.05) is 63.3 Å². The minimum atomic E-state index is -0.591. The Kier molecular flexibility index (Phi) is 9.76. The van der Waals surface area contributed by atoms with Crippen LogP contribution in [0, 0.1) is 23.7 Å². The van der Waals surface area contributed by atoms with Crippen LogP contribution in [0.2, 0.25) is 0 Å². The van der Waals surface area contributed by atoms with Gasteiger partial charge in [0, 0.05) is 6.54 Å². The zero-order valence-corrected chi connectivity index (χ0v) is 19.8. The Morgan fingerprint density at radius 3 is 2.35 bits per heavy atom. The summed E-state index contributed by atoms with van der Waals surface area (Å²) in [6.45, 7) is 10.5. The van der Waals surface area contributed by atoms with E-state index in [0.29, 0.717) is 24.8 Å². The number of carbonyl (C=O) groups is 2. The van der Waals surface area contributed by atoms with Gasteiger partial charge in [0.2, 0.25) is 5.91 Å². The number of hydrogen-bond acceptors (Lipinski definition) is 4. The van der Waals surface area contributed by atoms with Crippen molar-refractivity contribution in [2.75, 3.05) is 6.54 Å². The molecule has 172 valence electrons. The van der Waals surface area contributed by atoms with Crippen LogP contribution in [0.15, 0.2) is 36.4 Å². The summed E-state index contributed by atoms with van der Waals surface area (Å²) in [6.07, 6.45) is 8.65. The van der Waals surface area contributed by atoms with E-state index in [1.54, 1.807) is 0 Å². The number of hydrazine groups is 1. The monoisotopic (exact) mass is 428 g/mol. The molecular formula is C26H40N2O3. The highest BCUT2D eigenvalue weighted by Gasteiger charge is 2.38. The van der Waals surface area contributed by atoms with Crippen molar-refractivity contribution >= 4 is 18.0 Å². The minimum Gasteiger partial charge on any atom is -0.460 e. The highest BCUT2D eigenvalue weighted by Crippen LogP contribution is 2.36. The van der Waals surface area contributed by atoms with E-state index in [9.17, 15) is 9.59 Å². The van der Waals surface area contributed by atoms with Gasteiger partial charge in [-0.25, -0.2) is 5.43 Å². The van der Waals surface area contributed by atoms with Gasteiger partial charge < -0.3 is 4.74 Å². The van der Waals surface area contributed by atoms with E-state index in [4.69, 9.17) is 4.74 Å². The fourth-order valence-electron chi connectivity index (χ4n) is 3.69. The second-order valence-electron chi connectivity index (χ2n) is 10.1. The molecule has 1 aromatic carbocycles. The van der Waals surface area contributed by atoms with Crippen molar-refractivity contribution in [3.05, 3.63) is 42.0 Å². The molecule has 0 unspecified atom stereocenters. The number of benzene rings is 1. The summed E-state index contributed by atoms with van der Waals surface area (Å²) in [5.41, 5.74) is 6.36. The van der Waals surface area contributed by atoms with E-state index in [2.05, 4.69) is 24.7 Å². The molecule has 0 aromatic heterocycles. The zero-order valence-electron chi connectivity index (χ0n) is 19.8. The molecule has 5 nitrogen and oxygen atoms in total. The molecular weight excluding hydrogens is 388 g/mol. The highest BCUT2D eigenvalue weighted by atomic mass is 16.6. The summed E-state index contributed by atoms with van der Waals surface area (Å²) in [5.74, 6) is -0.421. The molecule has 0 saturated heterocycles. The number of allylic oxidation sites excluding steroid dienone is 1. The highest BCUT2D eigenvalue weighted by molar-refractivity contribution is 5.85. The van der Waals surface area contributed by atoms with Crippen LogP contribution in [0.25, 0.3) is 6.08 Å². The summed E-state index contributed by atoms with van der Waals surface area (Å²) < 4.78 is 5.74. The van der Waals surface area contributed by atoms with Crippen LogP contribution in [0.4, 0.5) is 0 Å². The standard InChI is InChI=1S/C26H40N2O3/c1-19(2)18-27-28-24(29)23(17-21-14-9-15-21)22(25(30)31-26(3,4)5)16-10-13-20-11-7-6-8-12-20/h6-8,10-13,19,21-23,27H,9,14-18H2,1-5H3,(H,28,29)/b13-10+/t22-,23+/m0/s1. The smallest absolute Gasteiger partial charge is 0.310 e. The van der Waals surface area contributed by atoms with E-state index >= 15 is 0 Å². The number of esters is 1. The number of ether oxygens (including phenoxy) is 1. The summed E-state index contributed by atoms with van der Waals surface area (Å²) in [4.78, 5) is 26.3. The maximum Gasteiger partial charge on any atom is 0.310 e. The van der Waals surface area contributed by atoms with Crippen LogP contribution in [-0.2, 0) is 14.3 Å². The molecule has 2 atom stereocenters. The first-order valence-corrected chi connectivity index (χ1v) is 11.6. The Hall–Kier alpha value is -2.14. The lowest BCUT2D eigenvalue weighted by Crippen LogP contribution is -2.47. The van der Waals surface area contributed by atoms with Crippen LogP contribution in [0.1, 0.15) is 72.3 Å². The molecule has 5 heteroatoms. The van der Waals surface area contributed by atoms with Gasteiger partial charge in [-0.3, -0.25) is 15.0 Å². The Morgan fingerprint density at radius 2 is 1.81 bits per heavy atom. The third kappa shape index (κ3) is 9.26. The lowest BCUT2D eigenvalue weighted by molar-refractivity contribution is -0.164. The minimum absolute atomic E-state index is 0.114. The maximum absolute atomic E-state index is 13.2. The predicted molar refractivity (Wildman–Crippen MR) is 126 cm³/mol. The molecule has 1 aliphatic carbocycles. The Balaban J connectivity index is 2.19. The van der Waals surface area contributed by atoms with Gasteiger partial charge in [0.25, 0.3) is 0 Å². The largest absolute Gasteiger partial charge is 0.460 e. The quantitative estimate of drug-likeness (QED) is 0.379. The van der Waals surface area contributed by atoms with Gasteiger partial charge in [-0.2, -0.15) is 0 Å². The molecule has 2 rings (SSSR count). The van der Waals surface area contributed by atoms with Gasteiger partial charge in [0.15, 0.2) is 0 Å². The van der Waals surface area contributed by atoms with Crippen LogP contribution in [0.3, 0.4) is 0 Å². The molecule has 0 spiro atoms. The van der Waals surface area contributed by atoms with E-state index in [0.717, 1.165) is 24.8 Å². The van der Waals surface area contributed by atoms with Crippen molar-refractivity contribution in [3.8, 4) is 0 Å². The Morgan fingerprint density at radius 1 is 1.13 bits per heavy atom. The normalized spacial score (nSPS) is 16.7. The topological polar surface area (TPSA) is 67.4 Å². The van der Waals surface area contributed by atoms with Gasteiger partial charge in [-0.1, -0.05) is 75.6 Å². The molecule has 1 fully saturated rings. The molecule has 0 aliphatic heterocycles. The van der Waals surface area contributed by atoms with Crippen molar-refractivity contribution in [1.29, 1.82) is 0 Å². The summed E-state index contributed by atoms with van der Waals surface area (Å²) in [7, 11) is 0. The number of amides is 1. The SMILES string of the molecule is CC(C)CNNC(=O)[C@H](CC1CCC1)[C@H](C/C=C/c1ccccc1)C(=O)OC(C)(C)C. The van der Waals surface area contributed by atoms with Crippen molar-refractivity contribution in [2.24, 2.45) is 23.7 Å². The van der Waals surface area contributed by atoms with Gasteiger partial charge >= 0.3 is 5.97 Å². The molecule has 1 aromatic rings. The lowest BCUT2D eigenvalue weighted by atomic mass is 9.74. The maximum atomic E-state index is 13.2. The zero-order chi connectivity index (χ0) is 22.9. The fraction of sp³-hybridized carbons (Fsp3) is 0.615. The third-order valence-electron chi connectivity index (χ3n) is 5.57. The van der Waals surface area contributed by atoms with Gasteiger partial charge in [-0.05, 0) is 51.0 Å². The number of rotatable bonds is 11. The molecule has 0 heterocycles. The molecule has 1 amide bonds. The molecule has 31 heavy (non-hydrogen) atoms. The number of carbonyl (C=O) groups excluding carboxylic acids is 2. The first kappa shape index (κ1) is 25.1. The van der Waals surface area contributed by atoms with Gasteiger partial charge in [0.1, 0.15) is 5.60 Å². The Labute approximate surface area is 188 Å². The summed E-state index contributed by atoms with van der Waals surface area (Å²) >= 11 is 0. The summed E-state index contributed by atoms with van der Waals surface area (Å²) in [5, 5.41) is 0. The molecule has 0 radical (unpaired) electrons. The summed E-state index contributed by atoms with van der Waals surface area (Å²) in [6, 6.07) is 9.99. The third-order valence-corrected chi connectivity index (χ3v) is 5.57. The average Bonchev–Trinajstić information content (AvgIpc) is 2.64. The molecule has 2 N–H and O–H groups in total. The number of hydrogen-bond donors (Lipinski definition) is 2. The van der Waals surface area contributed by atoms with Crippen molar-refractivity contribution in [3.63, 3.8) is 0 Å². The Bertz CT molecular complexity index is 718. The second kappa shape index (κ2) is 12.0. The van der Waals surface area contributed by atoms with Crippen molar-refractivity contribution in [1.82, 2.24) is 10.9 Å². The van der Waals surface area contributed by atoms with E-state index in [-0.39, 0.29) is 11.9 Å². The average molecular weight is 429 g/mol. The van der Waals surface area contributed by atoms with Crippen LogP contribution in [-0.4, -0.2) is 24.0 Å². The lowest BCUT2D eigenvalue weighted by Gasteiger charge is -2.33. The van der Waals surface area contributed by atoms with Gasteiger partial charge in [0.05, 0.1) is 11.8 Å². The van der Waals surface area contributed by atoms with Crippen molar-refractivity contribution in [2.45, 2.75) is 72.3 Å². The predicted octanol–water partition coefficient (Wildman–Crippen LogP) is 5.13. The first-order chi connectivity index (χ1) is 14.7.